The van der Waals surface area contributed by atoms with Crippen molar-refractivity contribution < 1.29 is 0 Å². The van der Waals surface area contributed by atoms with Gasteiger partial charge < -0.3 is 11.1 Å². The number of nitrogen functional groups attached to an aromatic ring is 1. The van der Waals surface area contributed by atoms with E-state index in [1.807, 2.05) is 6.07 Å². The van der Waals surface area contributed by atoms with E-state index in [1.54, 1.807) is 10.6 Å². The molecule has 0 aromatic carbocycles. The van der Waals surface area contributed by atoms with Gasteiger partial charge in [0.15, 0.2) is 11.5 Å². The molecule has 0 bridgehead atoms. The third-order valence-electron chi connectivity index (χ3n) is 3.01. The van der Waals surface area contributed by atoms with Gasteiger partial charge in [0.25, 0.3) is 0 Å². The Kier molecular flexibility index (Phi) is 2.21. The lowest BCUT2D eigenvalue weighted by molar-refractivity contribution is 0.439. The van der Waals surface area contributed by atoms with Gasteiger partial charge >= 0.3 is 0 Å². The van der Waals surface area contributed by atoms with Crippen LogP contribution in [0.25, 0.3) is 5.65 Å². The summed E-state index contributed by atoms with van der Waals surface area (Å²) in [6.45, 7) is 2.06. The third-order valence-corrected chi connectivity index (χ3v) is 3.01. The van der Waals surface area contributed by atoms with Gasteiger partial charge in [0.2, 0.25) is 0 Å². The summed E-state index contributed by atoms with van der Waals surface area (Å²) in [5.74, 6) is 1.87. The van der Waals surface area contributed by atoms with Crippen LogP contribution in [0.15, 0.2) is 12.1 Å². The van der Waals surface area contributed by atoms with E-state index < -0.39 is 0 Å². The minimum atomic E-state index is 0.436. The van der Waals surface area contributed by atoms with Gasteiger partial charge in [0.05, 0.1) is 0 Å². The molecule has 6 heteroatoms. The molecule has 0 spiro atoms. The SMILES string of the molecule is Nc1ccc2nnc(C3CCNCC3)n2n1. The first-order chi connectivity index (χ1) is 7.84. The molecule has 0 atom stereocenters. The molecule has 3 heterocycles. The first-order valence-corrected chi connectivity index (χ1v) is 5.53. The van der Waals surface area contributed by atoms with Crippen LogP contribution in [-0.2, 0) is 0 Å². The molecule has 0 saturated carbocycles. The van der Waals surface area contributed by atoms with Crippen LogP contribution in [-0.4, -0.2) is 32.9 Å². The lowest BCUT2D eigenvalue weighted by atomic mass is 9.97. The zero-order valence-electron chi connectivity index (χ0n) is 8.93. The number of rotatable bonds is 1. The van der Waals surface area contributed by atoms with Crippen molar-refractivity contribution in [2.45, 2.75) is 18.8 Å². The lowest BCUT2D eigenvalue weighted by Gasteiger charge is -2.20. The van der Waals surface area contributed by atoms with Crippen LogP contribution in [0.1, 0.15) is 24.6 Å². The van der Waals surface area contributed by atoms with Crippen LogP contribution in [0.3, 0.4) is 0 Å². The van der Waals surface area contributed by atoms with E-state index in [0.717, 1.165) is 37.4 Å². The topological polar surface area (TPSA) is 81.1 Å². The molecule has 2 aromatic rings. The predicted molar refractivity (Wildman–Crippen MR) is 60.0 cm³/mol. The number of hydrogen-bond acceptors (Lipinski definition) is 5. The maximum Gasteiger partial charge on any atom is 0.178 e. The van der Waals surface area contributed by atoms with E-state index in [1.165, 1.54) is 0 Å². The monoisotopic (exact) mass is 218 g/mol. The Morgan fingerprint density at radius 1 is 1.25 bits per heavy atom. The van der Waals surface area contributed by atoms with Gasteiger partial charge in [0.1, 0.15) is 5.82 Å². The molecule has 3 rings (SSSR count). The quantitative estimate of drug-likeness (QED) is 0.713. The van der Waals surface area contributed by atoms with Crippen molar-refractivity contribution in [3.63, 3.8) is 0 Å². The molecule has 0 radical (unpaired) electrons. The molecular formula is C10H14N6. The predicted octanol–water partition coefficient (Wildman–Crippen LogP) is 0.173. The molecule has 3 N–H and O–H groups in total. The van der Waals surface area contributed by atoms with Gasteiger partial charge in [-0.3, -0.25) is 0 Å². The Morgan fingerprint density at radius 3 is 2.88 bits per heavy atom. The van der Waals surface area contributed by atoms with Crippen molar-refractivity contribution in [1.29, 1.82) is 0 Å². The van der Waals surface area contributed by atoms with Gasteiger partial charge in [-0.1, -0.05) is 0 Å². The maximum atomic E-state index is 5.68. The van der Waals surface area contributed by atoms with Crippen molar-refractivity contribution in [2.24, 2.45) is 0 Å². The highest BCUT2D eigenvalue weighted by molar-refractivity contribution is 5.41. The molecule has 0 unspecified atom stereocenters. The molecular weight excluding hydrogens is 204 g/mol. The van der Waals surface area contributed by atoms with Gasteiger partial charge in [-0.25, -0.2) is 0 Å². The van der Waals surface area contributed by atoms with Crippen molar-refractivity contribution >= 4 is 11.5 Å². The maximum absolute atomic E-state index is 5.68. The van der Waals surface area contributed by atoms with E-state index in [2.05, 4.69) is 20.6 Å². The fourth-order valence-electron chi connectivity index (χ4n) is 2.15. The fourth-order valence-corrected chi connectivity index (χ4v) is 2.15. The highest BCUT2D eigenvalue weighted by Gasteiger charge is 2.21. The van der Waals surface area contributed by atoms with E-state index in [-0.39, 0.29) is 0 Å². The van der Waals surface area contributed by atoms with E-state index in [9.17, 15) is 0 Å². The Bertz CT molecular complexity index is 499. The standard InChI is InChI=1S/C10H14N6/c11-8-1-2-9-13-14-10(16(9)15-8)7-3-5-12-6-4-7/h1-2,7,12H,3-6H2,(H2,11,15). The molecule has 6 nitrogen and oxygen atoms in total. The zero-order valence-corrected chi connectivity index (χ0v) is 8.93. The number of hydrogen-bond donors (Lipinski definition) is 2. The normalized spacial score (nSPS) is 18.0. The first kappa shape index (κ1) is 9.53. The average Bonchev–Trinajstić information content (AvgIpc) is 2.73. The minimum Gasteiger partial charge on any atom is -0.382 e. The molecule has 2 aromatic heterocycles. The van der Waals surface area contributed by atoms with Crippen LogP contribution >= 0.6 is 0 Å². The molecule has 84 valence electrons. The Labute approximate surface area is 92.9 Å². The van der Waals surface area contributed by atoms with Gasteiger partial charge in [-0.15, -0.1) is 15.3 Å². The summed E-state index contributed by atoms with van der Waals surface area (Å²) in [5, 5.41) is 15.9. The van der Waals surface area contributed by atoms with Crippen molar-refractivity contribution in [3.8, 4) is 0 Å². The summed E-state index contributed by atoms with van der Waals surface area (Å²) in [6, 6.07) is 3.59. The van der Waals surface area contributed by atoms with Crippen LogP contribution in [0.2, 0.25) is 0 Å². The van der Waals surface area contributed by atoms with Gasteiger partial charge in [0, 0.05) is 5.92 Å². The molecule has 0 amide bonds. The molecule has 1 aliphatic heterocycles. The minimum absolute atomic E-state index is 0.436. The van der Waals surface area contributed by atoms with Crippen LogP contribution in [0.5, 0.6) is 0 Å². The smallest absolute Gasteiger partial charge is 0.178 e. The van der Waals surface area contributed by atoms with Crippen molar-refractivity contribution in [2.75, 3.05) is 18.8 Å². The number of aromatic nitrogens is 4. The van der Waals surface area contributed by atoms with Crippen LogP contribution in [0.4, 0.5) is 5.82 Å². The van der Waals surface area contributed by atoms with Crippen LogP contribution < -0.4 is 11.1 Å². The van der Waals surface area contributed by atoms with Gasteiger partial charge in [-0.05, 0) is 38.1 Å². The number of fused-ring (bicyclic) bond motifs is 1. The Hall–Kier alpha value is -1.69. The summed E-state index contributed by atoms with van der Waals surface area (Å²) in [7, 11) is 0. The Morgan fingerprint density at radius 2 is 2.06 bits per heavy atom. The molecule has 0 aliphatic carbocycles. The molecule has 1 aliphatic rings. The van der Waals surface area contributed by atoms with Crippen LogP contribution in [0, 0.1) is 0 Å². The van der Waals surface area contributed by atoms with Gasteiger partial charge in [-0.2, -0.15) is 4.52 Å². The highest BCUT2D eigenvalue weighted by Crippen LogP contribution is 2.23. The summed E-state index contributed by atoms with van der Waals surface area (Å²) < 4.78 is 1.77. The number of anilines is 1. The number of nitrogens with zero attached hydrogens (tertiary/aromatic N) is 4. The molecule has 16 heavy (non-hydrogen) atoms. The first-order valence-electron chi connectivity index (χ1n) is 5.53. The van der Waals surface area contributed by atoms with E-state index in [4.69, 9.17) is 5.73 Å². The summed E-state index contributed by atoms with van der Waals surface area (Å²) in [5.41, 5.74) is 6.45. The lowest BCUT2D eigenvalue weighted by Crippen LogP contribution is -2.27. The third kappa shape index (κ3) is 1.51. The fraction of sp³-hybridized carbons (Fsp3) is 0.500. The zero-order chi connectivity index (χ0) is 11.0. The Balaban J connectivity index is 2.05. The molecule has 1 fully saturated rings. The highest BCUT2D eigenvalue weighted by atomic mass is 15.4. The van der Waals surface area contributed by atoms with E-state index >= 15 is 0 Å². The van der Waals surface area contributed by atoms with Crippen molar-refractivity contribution in [1.82, 2.24) is 25.1 Å². The number of nitrogens with one attached hydrogen (secondary N) is 1. The second-order valence-corrected chi connectivity index (χ2v) is 4.11. The summed E-state index contributed by atoms with van der Waals surface area (Å²) >= 11 is 0. The van der Waals surface area contributed by atoms with Crippen molar-refractivity contribution in [3.05, 3.63) is 18.0 Å². The second kappa shape index (κ2) is 3.71. The largest absolute Gasteiger partial charge is 0.382 e. The number of piperidine rings is 1. The summed E-state index contributed by atoms with van der Waals surface area (Å²) in [4.78, 5) is 0. The second-order valence-electron chi connectivity index (χ2n) is 4.11. The summed E-state index contributed by atoms with van der Waals surface area (Å²) in [6.07, 6.45) is 2.16. The average molecular weight is 218 g/mol. The van der Waals surface area contributed by atoms with E-state index in [0.29, 0.717) is 11.7 Å². The number of nitrogens with two attached hydrogens (primary N) is 1. The molecule has 1 saturated heterocycles.